The van der Waals surface area contributed by atoms with Gasteiger partial charge in [0, 0.05) is 0 Å². The Labute approximate surface area is 219 Å². The predicted molar refractivity (Wildman–Crippen MR) is 58.7 cm³/mol. The topological polar surface area (TPSA) is 121 Å². The van der Waals surface area contributed by atoms with Crippen LogP contribution < -0.4 is 0 Å². The Morgan fingerprint density at radius 3 is 1.62 bits per heavy atom. The van der Waals surface area contributed by atoms with Gasteiger partial charge in [0.05, 0.1) is 6.42 Å². The number of carboxylic acids is 3. The van der Waals surface area contributed by atoms with Crippen LogP contribution in [0.4, 0.5) is 0 Å². The minimum absolute atomic E-state index is 0. The average molecular weight is 312 g/mol. The van der Waals surface area contributed by atoms with E-state index >= 15 is 0 Å². The Hall–Kier alpha value is 3.28. The second kappa shape index (κ2) is 16.3. The maximum atomic E-state index is 10.3. The van der Waals surface area contributed by atoms with Crippen molar-refractivity contribution in [2.75, 3.05) is 6.61 Å². The fourth-order valence-electron chi connectivity index (χ4n) is 0.548. The molecule has 0 aliphatic carbocycles. The molecule has 0 aromatic heterocycles. The fraction of sp³-hybridized carbons (Fsp3) is 0.500. The molecule has 0 bridgehead atoms. The number of hydrogen-bond acceptors (Lipinski definition) is 4. The van der Waals surface area contributed by atoms with Crippen molar-refractivity contribution in [1.29, 1.82) is 0 Å². The summed E-state index contributed by atoms with van der Waals surface area (Å²) < 4.78 is 4.30. The molecule has 0 spiro atoms. The number of aliphatic carboxylic acids is 3. The van der Waals surface area contributed by atoms with Crippen LogP contribution in [0.25, 0.3) is 0 Å². The first-order valence-electron chi connectivity index (χ1n) is 3.21. The Morgan fingerprint density at radius 1 is 0.938 bits per heavy atom. The summed E-state index contributed by atoms with van der Waals surface area (Å²) in [7, 11) is 0. The number of ether oxygens (including phenoxy) is 1. The molecule has 0 heterocycles. The van der Waals surface area contributed by atoms with Crippen LogP contribution in [0.5, 0.6) is 0 Å². The van der Waals surface area contributed by atoms with Gasteiger partial charge in [0.15, 0.2) is 6.10 Å². The van der Waals surface area contributed by atoms with Gasteiger partial charge in [-0.1, -0.05) is 0 Å². The predicted octanol–water partition coefficient (Wildman–Crippen LogP) is -2.93. The van der Waals surface area contributed by atoms with E-state index in [0.717, 1.165) is 0 Å². The summed E-state index contributed by atoms with van der Waals surface area (Å²) in [4.78, 5) is 30.3. The summed E-state index contributed by atoms with van der Waals surface area (Å²) in [5.74, 6) is -4.21. The summed E-state index contributed by atoms with van der Waals surface area (Å²) in [6.07, 6.45) is -2.38. The molecule has 0 radical (unpaired) electrons. The van der Waals surface area contributed by atoms with Crippen molar-refractivity contribution in [3.63, 3.8) is 0 Å². The van der Waals surface area contributed by atoms with Crippen molar-refractivity contribution in [2.24, 2.45) is 0 Å². The molecule has 7 nitrogen and oxygen atoms in total. The summed E-state index contributed by atoms with van der Waals surface area (Å²) in [6, 6.07) is 0. The first kappa shape index (κ1) is 27.6. The average Bonchev–Trinajstić information content (AvgIpc) is 1.96. The van der Waals surface area contributed by atoms with Crippen molar-refractivity contribution >= 4 is 172 Å². The quantitative estimate of drug-likeness (QED) is 0.449. The van der Waals surface area contributed by atoms with Crippen molar-refractivity contribution in [3.8, 4) is 0 Å². The molecule has 0 aliphatic rings. The van der Waals surface area contributed by atoms with Gasteiger partial charge >= 0.3 is 172 Å². The van der Waals surface area contributed by atoms with E-state index in [1.165, 1.54) is 0 Å². The van der Waals surface area contributed by atoms with Crippen LogP contribution in [0.3, 0.4) is 0 Å². The van der Waals surface area contributed by atoms with Gasteiger partial charge in [-0.3, -0.25) is 4.79 Å². The van der Waals surface area contributed by atoms with E-state index in [1.807, 2.05) is 0 Å². The molecule has 0 aliphatic heterocycles. The zero-order valence-electron chi connectivity index (χ0n) is 6.47. The minimum atomic E-state index is -1.62. The molecular weight excluding hydrogens is 301 g/mol. The molecule has 0 saturated heterocycles. The standard InChI is InChI=1S/C6H8O7.3K.3H/c7-4(8)1-3(6(11)12)13-2-5(9)10;;;;;;/h3H,1-2H2,(H,7,8)(H,9,10)(H,11,12);;;;;;. The summed E-state index contributed by atoms with van der Waals surface area (Å²) in [5, 5.41) is 24.7. The number of carbonyl (C=O) groups is 3. The van der Waals surface area contributed by atoms with Gasteiger partial charge in [-0.05, 0) is 0 Å². The Kier molecular flexibility index (Phi) is 28.2. The van der Waals surface area contributed by atoms with E-state index < -0.39 is 37.0 Å². The van der Waals surface area contributed by atoms with Crippen LogP contribution in [-0.4, -0.2) is 200 Å². The summed E-state index contributed by atoms with van der Waals surface area (Å²) >= 11 is 0. The first-order valence-corrected chi connectivity index (χ1v) is 3.21. The molecule has 10 heteroatoms. The Bertz CT molecular complexity index is 232. The van der Waals surface area contributed by atoms with Crippen molar-refractivity contribution < 1.29 is 34.4 Å². The Balaban J connectivity index is -0.000000240. The monoisotopic (exact) mass is 312 g/mol. The number of rotatable bonds is 6. The molecule has 1 atom stereocenters. The third-order valence-corrected chi connectivity index (χ3v) is 1.04. The summed E-state index contributed by atoms with van der Waals surface area (Å²) in [5.41, 5.74) is 0. The van der Waals surface area contributed by atoms with E-state index in [0.29, 0.717) is 0 Å². The Morgan fingerprint density at radius 2 is 1.38 bits per heavy atom. The molecule has 0 aromatic rings. The maximum absolute atomic E-state index is 10.3. The normalized spacial score (nSPS) is 9.75. The number of carboxylic acid groups (broad SMARTS) is 3. The van der Waals surface area contributed by atoms with Crippen LogP contribution in [0.1, 0.15) is 6.42 Å². The van der Waals surface area contributed by atoms with Crippen LogP contribution in [0.2, 0.25) is 0 Å². The summed E-state index contributed by atoms with van der Waals surface area (Å²) in [6.45, 7) is -0.829. The van der Waals surface area contributed by atoms with Gasteiger partial charge in [-0.25, -0.2) is 9.59 Å². The van der Waals surface area contributed by atoms with E-state index in [9.17, 15) is 14.4 Å². The molecule has 1 unspecified atom stereocenters. The van der Waals surface area contributed by atoms with Crippen molar-refractivity contribution in [1.82, 2.24) is 0 Å². The molecule has 0 rings (SSSR count). The van der Waals surface area contributed by atoms with E-state index in [1.54, 1.807) is 0 Å². The van der Waals surface area contributed by atoms with Crippen molar-refractivity contribution in [3.05, 3.63) is 0 Å². The van der Waals surface area contributed by atoms with Gasteiger partial charge in [0.1, 0.15) is 6.61 Å². The van der Waals surface area contributed by atoms with Crippen LogP contribution >= 0.6 is 0 Å². The molecule has 0 fully saturated rings. The molecule has 3 N–H and O–H groups in total. The van der Waals surface area contributed by atoms with Crippen LogP contribution in [0, 0.1) is 0 Å². The van der Waals surface area contributed by atoms with E-state index in [2.05, 4.69) is 4.74 Å². The third-order valence-electron chi connectivity index (χ3n) is 1.04. The molecule has 16 heavy (non-hydrogen) atoms. The molecule has 0 saturated carbocycles. The number of hydrogen-bond donors (Lipinski definition) is 3. The van der Waals surface area contributed by atoms with E-state index in [-0.39, 0.29) is 154 Å². The van der Waals surface area contributed by atoms with Gasteiger partial charge in [0.25, 0.3) is 0 Å². The SMILES string of the molecule is O=C(O)COC(CC(=O)O)C(=O)O.[KH].[KH].[KH]. The second-order valence-corrected chi connectivity index (χ2v) is 2.13. The van der Waals surface area contributed by atoms with Gasteiger partial charge < -0.3 is 20.1 Å². The van der Waals surface area contributed by atoms with E-state index in [4.69, 9.17) is 15.3 Å². The zero-order valence-corrected chi connectivity index (χ0v) is 6.47. The fourth-order valence-corrected chi connectivity index (χ4v) is 0.548. The molecular formula is C6H11K3O7. The second-order valence-electron chi connectivity index (χ2n) is 2.13. The van der Waals surface area contributed by atoms with Crippen LogP contribution in [-0.2, 0) is 19.1 Å². The molecule has 80 valence electrons. The zero-order chi connectivity index (χ0) is 10.4. The van der Waals surface area contributed by atoms with Crippen LogP contribution in [0.15, 0.2) is 0 Å². The van der Waals surface area contributed by atoms with Crippen molar-refractivity contribution in [2.45, 2.75) is 12.5 Å². The van der Waals surface area contributed by atoms with Gasteiger partial charge in [-0.15, -0.1) is 0 Å². The first-order chi connectivity index (χ1) is 5.93. The van der Waals surface area contributed by atoms with Gasteiger partial charge in [-0.2, -0.15) is 0 Å². The molecule has 0 aromatic carbocycles. The van der Waals surface area contributed by atoms with Gasteiger partial charge in [0.2, 0.25) is 0 Å². The molecule has 0 amide bonds. The third kappa shape index (κ3) is 17.3.